The highest BCUT2D eigenvalue weighted by Crippen LogP contribution is 2.48. The molecule has 3 aromatic carbocycles. The fourth-order valence-corrected chi connectivity index (χ4v) is 4.03. The highest BCUT2D eigenvalue weighted by atomic mass is 35.5. The number of rotatable bonds is 2. The summed E-state index contributed by atoms with van der Waals surface area (Å²) in [6, 6.07) is 19.6. The van der Waals surface area contributed by atoms with E-state index in [1.165, 1.54) is 12.1 Å². The number of halogens is 3. The topological polar surface area (TPSA) is 24.8 Å². The molecule has 140 valence electrons. The largest absolute Gasteiger partial charge is 0.464 e. The Morgan fingerprint density at radius 3 is 2.39 bits per heavy atom. The average molecular weight is 413 g/mol. The van der Waals surface area contributed by atoms with E-state index in [0.717, 1.165) is 34.6 Å². The molecule has 28 heavy (non-hydrogen) atoms. The fraction of sp³-hybridized carbons (Fsp3) is 0.136. The van der Waals surface area contributed by atoms with Gasteiger partial charge in [0.25, 0.3) is 0 Å². The first kappa shape index (κ1) is 17.5. The van der Waals surface area contributed by atoms with Crippen LogP contribution in [0.4, 0.5) is 4.39 Å². The predicted octanol–water partition coefficient (Wildman–Crippen LogP) is 6.37. The van der Waals surface area contributed by atoms with Gasteiger partial charge in [-0.2, -0.15) is 5.10 Å². The first-order valence-corrected chi connectivity index (χ1v) is 9.67. The van der Waals surface area contributed by atoms with Gasteiger partial charge in [-0.05, 0) is 48.0 Å². The van der Waals surface area contributed by atoms with Crippen molar-refractivity contribution in [2.75, 3.05) is 0 Å². The minimum atomic E-state index is -0.441. The molecule has 0 saturated heterocycles. The Bertz CT molecular complexity index is 1070. The van der Waals surface area contributed by atoms with Gasteiger partial charge in [0.05, 0.1) is 11.8 Å². The molecule has 0 N–H and O–H groups in total. The highest BCUT2D eigenvalue weighted by molar-refractivity contribution is 6.31. The van der Waals surface area contributed by atoms with E-state index in [2.05, 4.69) is 0 Å². The van der Waals surface area contributed by atoms with Crippen LogP contribution in [0.1, 0.15) is 35.4 Å². The minimum Gasteiger partial charge on any atom is -0.464 e. The van der Waals surface area contributed by atoms with Crippen LogP contribution in [-0.2, 0) is 0 Å². The Balaban J connectivity index is 1.59. The first-order chi connectivity index (χ1) is 13.6. The third-order valence-electron chi connectivity index (χ3n) is 5.08. The van der Waals surface area contributed by atoms with Gasteiger partial charge in [-0.15, -0.1) is 0 Å². The predicted molar refractivity (Wildman–Crippen MR) is 108 cm³/mol. The van der Waals surface area contributed by atoms with Gasteiger partial charge in [0.1, 0.15) is 11.6 Å². The lowest BCUT2D eigenvalue weighted by Crippen LogP contribution is -2.33. The summed E-state index contributed by atoms with van der Waals surface area (Å²) in [5.41, 5.74) is 3.80. The van der Waals surface area contributed by atoms with Crippen LogP contribution in [0.5, 0.6) is 5.75 Å². The van der Waals surface area contributed by atoms with Gasteiger partial charge in [-0.3, -0.25) is 0 Å². The molecule has 2 aliphatic rings. The summed E-state index contributed by atoms with van der Waals surface area (Å²) in [7, 11) is 0. The highest BCUT2D eigenvalue weighted by Gasteiger charge is 2.41. The molecule has 0 amide bonds. The summed E-state index contributed by atoms with van der Waals surface area (Å²) in [5, 5.41) is 8.14. The van der Waals surface area contributed by atoms with E-state index >= 15 is 0 Å². The summed E-state index contributed by atoms with van der Waals surface area (Å²) in [5.74, 6) is 0.489. The van der Waals surface area contributed by atoms with Crippen LogP contribution in [0, 0.1) is 5.82 Å². The fourth-order valence-electron chi connectivity index (χ4n) is 3.72. The van der Waals surface area contributed by atoms with Crippen molar-refractivity contribution >= 4 is 28.9 Å². The molecule has 0 fully saturated rings. The van der Waals surface area contributed by atoms with Crippen molar-refractivity contribution in [3.63, 3.8) is 0 Å². The van der Waals surface area contributed by atoms with Gasteiger partial charge in [0.2, 0.25) is 6.23 Å². The van der Waals surface area contributed by atoms with Gasteiger partial charge in [0.15, 0.2) is 0 Å². The zero-order chi connectivity index (χ0) is 19.3. The molecule has 0 aromatic heterocycles. The van der Waals surface area contributed by atoms with Crippen LogP contribution >= 0.6 is 23.2 Å². The zero-order valence-corrected chi connectivity index (χ0v) is 16.2. The molecule has 0 radical (unpaired) electrons. The van der Waals surface area contributed by atoms with Gasteiger partial charge in [-0.1, -0.05) is 47.5 Å². The Morgan fingerprint density at radius 2 is 1.64 bits per heavy atom. The van der Waals surface area contributed by atoms with Crippen molar-refractivity contribution in [1.82, 2.24) is 5.01 Å². The number of fused-ring (bicyclic) bond motifs is 3. The number of hydrogen-bond donors (Lipinski definition) is 0. The van der Waals surface area contributed by atoms with Gasteiger partial charge in [0, 0.05) is 27.6 Å². The molecule has 0 aliphatic carbocycles. The molecule has 5 rings (SSSR count). The SMILES string of the molecule is Fc1ccc([C@@H]2Oc3ccc(Cl)cc3[C@@H]3CC(c4ccc(Cl)cc4)=NN32)cc1. The second kappa shape index (κ2) is 6.80. The molecular weight excluding hydrogens is 398 g/mol. The molecular formula is C22H15Cl2FN2O. The Hall–Kier alpha value is -2.56. The molecule has 3 aromatic rings. The number of hydrogen-bond acceptors (Lipinski definition) is 3. The molecule has 0 saturated carbocycles. The van der Waals surface area contributed by atoms with Crippen LogP contribution < -0.4 is 4.74 Å². The lowest BCUT2D eigenvalue weighted by molar-refractivity contribution is -0.0190. The van der Waals surface area contributed by atoms with E-state index in [1.807, 2.05) is 47.5 Å². The third kappa shape index (κ3) is 3.03. The minimum absolute atomic E-state index is 0.0109. The van der Waals surface area contributed by atoms with E-state index in [-0.39, 0.29) is 11.9 Å². The third-order valence-corrected chi connectivity index (χ3v) is 5.57. The second-order valence-corrected chi connectivity index (χ2v) is 7.73. The summed E-state index contributed by atoms with van der Waals surface area (Å²) in [6.45, 7) is 0. The number of benzene rings is 3. The van der Waals surface area contributed by atoms with Crippen molar-refractivity contribution in [3.05, 3.63) is 99.3 Å². The number of nitrogens with zero attached hydrogens (tertiary/aromatic N) is 2. The molecule has 0 spiro atoms. The maximum atomic E-state index is 13.4. The maximum Gasteiger partial charge on any atom is 0.213 e. The Kier molecular flexibility index (Phi) is 4.26. The van der Waals surface area contributed by atoms with E-state index < -0.39 is 6.23 Å². The number of hydrazone groups is 1. The van der Waals surface area contributed by atoms with Crippen molar-refractivity contribution in [2.24, 2.45) is 5.10 Å². The van der Waals surface area contributed by atoms with E-state index in [1.54, 1.807) is 12.1 Å². The van der Waals surface area contributed by atoms with Crippen molar-refractivity contribution in [3.8, 4) is 5.75 Å². The van der Waals surface area contributed by atoms with Crippen molar-refractivity contribution in [2.45, 2.75) is 18.7 Å². The van der Waals surface area contributed by atoms with Gasteiger partial charge < -0.3 is 4.74 Å². The van der Waals surface area contributed by atoms with Crippen molar-refractivity contribution < 1.29 is 9.13 Å². The first-order valence-electron chi connectivity index (χ1n) is 8.92. The molecule has 3 nitrogen and oxygen atoms in total. The second-order valence-electron chi connectivity index (χ2n) is 6.86. The van der Waals surface area contributed by atoms with Crippen molar-refractivity contribution in [1.29, 1.82) is 0 Å². The van der Waals surface area contributed by atoms with Crippen LogP contribution in [0.3, 0.4) is 0 Å². The van der Waals surface area contributed by atoms with Gasteiger partial charge in [-0.25, -0.2) is 9.40 Å². The van der Waals surface area contributed by atoms with Crippen LogP contribution in [0.15, 0.2) is 71.8 Å². The molecule has 2 aliphatic heterocycles. The maximum absolute atomic E-state index is 13.4. The van der Waals surface area contributed by atoms with Crippen LogP contribution in [-0.4, -0.2) is 10.7 Å². The normalized spacial score (nSPS) is 20.2. The zero-order valence-electron chi connectivity index (χ0n) is 14.6. The lowest BCUT2D eigenvalue weighted by atomic mass is 9.96. The average Bonchev–Trinajstić information content (AvgIpc) is 3.14. The van der Waals surface area contributed by atoms with E-state index in [9.17, 15) is 4.39 Å². The monoisotopic (exact) mass is 412 g/mol. The smallest absolute Gasteiger partial charge is 0.213 e. The summed E-state index contributed by atoms with van der Waals surface area (Å²) < 4.78 is 19.7. The van der Waals surface area contributed by atoms with E-state index in [0.29, 0.717) is 10.0 Å². The van der Waals surface area contributed by atoms with Crippen LogP contribution in [0.25, 0.3) is 0 Å². The van der Waals surface area contributed by atoms with Crippen LogP contribution in [0.2, 0.25) is 10.0 Å². The summed E-state index contributed by atoms with van der Waals surface area (Å²) >= 11 is 12.3. The molecule has 6 heteroatoms. The lowest BCUT2D eigenvalue weighted by Gasteiger charge is -2.38. The number of ether oxygens (including phenoxy) is 1. The molecule has 2 atom stereocenters. The van der Waals surface area contributed by atoms with Gasteiger partial charge >= 0.3 is 0 Å². The molecule has 0 unspecified atom stereocenters. The standard InChI is InChI=1S/C22H15Cl2FN2O/c23-15-5-1-13(2-6-15)19-12-20-18-11-16(24)7-10-21(18)28-22(27(20)26-19)14-3-8-17(25)9-4-14/h1-11,20,22H,12H2/t20-,22-/m0/s1. The molecule has 2 heterocycles. The summed E-state index contributed by atoms with van der Waals surface area (Å²) in [4.78, 5) is 0. The Labute approximate surface area is 172 Å². The summed E-state index contributed by atoms with van der Waals surface area (Å²) in [6.07, 6.45) is 0.278. The Morgan fingerprint density at radius 1 is 0.929 bits per heavy atom. The quantitative estimate of drug-likeness (QED) is 0.487. The molecule has 0 bridgehead atoms. The van der Waals surface area contributed by atoms with E-state index in [4.69, 9.17) is 33.0 Å².